The van der Waals surface area contributed by atoms with E-state index in [1.54, 1.807) is 18.3 Å². The Balaban J connectivity index is 1.82. The highest BCUT2D eigenvalue weighted by Crippen LogP contribution is 2.25. The number of aromatic nitrogens is 1. The second kappa shape index (κ2) is 5.79. The third kappa shape index (κ3) is 2.94. The maximum atomic E-state index is 13.8. The van der Waals surface area contributed by atoms with Crippen molar-refractivity contribution in [2.24, 2.45) is 0 Å². The van der Waals surface area contributed by atoms with E-state index in [9.17, 15) is 4.39 Å². The molecule has 0 amide bonds. The molecule has 1 heterocycles. The van der Waals surface area contributed by atoms with Gasteiger partial charge in [0.2, 0.25) is 0 Å². The van der Waals surface area contributed by atoms with E-state index in [2.05, 4.69) is 10.3 Å². The first-order valence-electron chi connectivity index (χ1n) is 6.74. The average molecular weight is 282 g/mol. The van der Waals surface area contributed by atoms with Gasteiger partial charge in [-0.15, -0.1) is 0 Å². The molecule has 4 heteroatoms. The highest BCUT2D eigenvalue weighted by molar-refractivity contribution is 5.63. The van der Waals surface area contributed by atoms with Crippen LogP contribution in [0.2, 0.25) is 0 Å². The van der Waals surface area contributed by atoms with E-state index in [-0.39, 0.29) is 11.9 Å². The lowest BCUT2D eigenvalue weighted by Crippen LogP contribution is -2.08. The maximum Gasteiger partial charge on any atom is 0.181 e. The number of halogens is 1. The van der Waals surface area contributed by atoms with E-state index in [0.29, 0.717) is 11.3 Å². The molecule has 106 valence electrons. The molecular weight excluding hydrogens is 267 g/mol. The van der Waals surface area contributed by atoms with Crippen LogP contribution in [0, 0.1) is 5.82 Å². The number of hydrogen-bond acceptors (Lipinski definition) is 3. The van der Waals surface area contributed by atoms with Crippen molar-refractivity contribution in [3.8, 4) is 11.3 Å². The molecule has 0 aliphatic carbocycles. The molecule has 0 bridgehead atoms. The van der Waals surface area contributed by atoms with Crippen molar-refractivity contribution in [2.75, 3.05) is 5.32 Å². The fraction of sp³-hybridized carbons (Fsp3) is 0.118. The monoisotopic (exact) mass is 282 g/mol. The Bertz CT molecular complexity index is 725. The van der Waals surface area contributed by atoms with Crippen LogP contribution in [0.4, 0.5) is 10.1 Å². The Kier molecular flexibility index (Phi) is 3.69. The summed E-state index contributed by atoms with van der Waals surface area (Å²) in [7, 11) is 0. The van der Waals surface area contributed by atoms with E-state index in [1.807, 2.05) is 37.3 Å². The zero-order chi connectivity index (χ0) is 14.7. The summed E-state index contributed by atoms with van der Waals surface area (Å²) in [6, 6.07) is 14.4. The molecule has 1 unspecified atom stereocenters. The van der Waals surface area contributed by atoms with Gasteiger partial charge in [0.15, 0.2) is 12.2 Å². The Labute approximate surface area is 122 Å². The summed E-state index contributed by atoms with van der Waals surface area (Å²) in [5.41, 5.74) is 2.47. The molecule has 0 saturated carbocycles. The van der Waals surface area contributed by atoms with Crippen molar-refractivity contribution in [3.05, 3.63) is 72.5 Å². The normalized spacial score (nSPS) is 12.1. The number of anilines is 1. The van der Waals surface area contributed by atoms with E-state index >= 15 is 0 Å². The van der Waals surface area contributed by atoms with Crippen molar-refractivity contribution >= 4 is 5.69 Å². The molecule has 3 nitrogen and oxygen atoms in total. The summed E-state index contributed by atoms with van der Waals surface area (Å²) < 4.78 is 19.1. The standard InChI is InChI=1S/C17H15FN2O/c1-12(15-7-2-3-8-16(15)18)20-14-6-4-5-13(9-14)17-10-19-11-21-17/h2-12,20H,1H3. The number of nitrogens with zero attached hydrogens (tertiary/aromatic N) is 1. The third-order valence-corrected chi connectivity index (χ3v) is 3.33. The maximum absolute atomic E-state index is 13.8. The summed E-state index contributed by atoms with van der Waals surface area (Å²) in [6.07, 6.45) is 3.07. The van der Waals surface area contributed by atoms with Crippen molar-refractivity contribution in [2.45, 2.75) is 13.0 Å². The van der Waals surface area contributed by atoms with Gasteiger partial charge in [0.25, 0.3) is 0 Å². The number of rotatable bonds is 4. The van der Waals surface area contributed by atoms with Crippen LogP contribution in [0.1, 0.15) is 18.5 Å². The molecule has 3 rings (SSSR count). The third-order valence-electron chi connectivity index (χ3n) is 3.33. The second-order valence-corrected chi connectivity index (χ2v) is 4.83. The average Bonchev–Trinajstić information content (AvgIpc) is 3.02. The van der Waals surface area contributed by atoms with Crippen LogP contribution in [-0.2, 0) is 0 Å². The van der Waals surface area contributed by atoms with Crippen molar-refractivity contribution in [1.82, 2.24) is 4.98 Å². The molecule has 1 aromatic heterocycles. The molecule has 1 N–H and O–H groups in total. The zero-order valence-electron chi connectivity index (χ0n) is 11.6. The number of hydrogen-bond donors (Lipinski definition) is 1. The predicted octanol–water partition coefficient (Wildman–Crippen LogP) is 4.65. The fourth-order valence-corrected chi connectivity index (χ4v) is 2.27. The lowest BCUT2D eigenvalue weighted by molar-refractivity contribution is 0.572. The van der Waals surface area contributed by atoms with Gasteiger partial charge in [0, 0.05) is 16.8 Å². The van der Waals surface area contributed by atoms with Crippen molar-refractivity contribution < 1.29 is 8.81 Å². The van der Waals surface area contributed by atoms with Crippen molar-refractivity contribution in [1.29, 1.82) is 0 Å². The van der Waals surface area contributed by atoms with E-state index in [4.69, 9.17) is 4.42 Å². The Morgan fingerprint density at radius 1 is 1.14 bits per heavy atom. The van der Waals surface area contributed by atoms with Gasteiger partial charge < -0.3 is 9.73 Å². The van der Waals surface area contributed by atoms with Gasteiger partial charge >= 0.3 is 0 Å². The SMILES string of the molecule is CC(Nc1cccc(-c2cnco2)c1)c1ccccc1F. The molecule has 0 saturated heterocycles. The lowest BCUT2D eigenvalue weighted by atomic mass is 10.1. The minimum absolute atomic E-state index is 0.129. The van der Waals surface area contributed by atoms with Gasteiger partial charge in [-0.3, -0.25) is 0 Å². The minimum atomic E-state index is -0.205. The van der Waals surface area contributed by atoms with E-state index in [1.165, 1.54) is 12.5 Å². The summed E-state index contributed by atoms with van der Waals surface area (Å²) >= 11 is 0. The van der Waals surface area contributed by atoms with E-state index in [0.717, 1.165) is 11.3 Å². The van der Waals surface area contributed by atoms with Crippen LogP contribution in [0.15, 0.2) is 65.5 Å². The molecule has 0 radical (unpaired) electrons. The van der Waals surface area contributed by atoms with Gasteiger partial charge in [-0.25, -0.2) is 9.37 Å². The first-order chi connectivity index (χ1) is 10.2. The topological polar surface area (TPSA) is 38.1 Å². The highest BCUT2D eigenvalue weighted by Gasteiger charge is 2.10. The minimum Gasteiger partial charge on any atom is -0.444 e. The molecule has 0 aliphatic heterocycles. The second-order valence-electron chi connectivity index (χ2n) is 4.83. The van der Waals surface area contributed by atoms with Crippen LogP contribution in [0.3, 0.4) is 0 Å². The molecule has 3 aromatic rings. The summed E-state index contributed by atoms with van der Waals surface area (Å²) in [6.45, 7) is 1.93. The highest BCUT2D eigenvalue weighted by atomic mass is 19.1. The molecule has 2 aromatic carbocycles. The molecular formula is C17H15FN2O. The first-order valence-corrected chi connectivity index (χ1v) is 6.74. The summed E-state index contributed by atoms with van der Waals surface area (Å²) in [4.78, 5) is 3.91. The van der Waals surface area contributed by atoms with Crippen LogP contribution >= 0.6 is 0 Å². The Hall–Kier alpha value is -2.62. The summed E-state index contributed by atoms with van der Waals surface area (Å²) in [5.74, 6) is 0.501. The predicted molar refractivity (Wildman–Crippen MR) is 80.4 cm³/mol. The van der Waals surface area contributed by atoms with Gasteiger partial charge in [-0.05, 0) is 25.1 Å². The van der Waals surface area contributed by atoms with Crippen molar-refractivity contribution in [3.63, 3.8) is 0 Å². The smallest absolute Gasteiger partial charge is 0.181 e. The molecule has 0 aliphatic rings. The molecule has 0 fully saturated rings. The van der Waals surface area contributed by atoms with Crippen LogP contribution in [0.5, 0.6) is 0 Å². The molecule has 1 atom stereocenters. The molecule has 0 spiro atoms. The number of oxazole rings is 1. The van der Waals surface area contributed by atoms with Crippen LogP contribution < -0.4 is 5.32 Å². The largest absolute Gasteiger partial charge is 0.444 e. The lowest BCUT2D eigenvalue weighted by Gasteiger charge is -2.16. The fourth-order valence-electron chi connectivity index (χ4n) is 2.27. The van der Waals surface area contributed by atoms with Gasteiger partial charge in [-0.1, -0.05) is 30.3 Å². The number of nitrogens with one attached hydrogen (secondary N) is 1. The summed E-state index contributed by atoms with van der Waals surface area (Å²) in [5, 5.41) is 3.30. The zero-order valence-corrected chi connectivity index (χ0v) is 11.6. The number of benzene rings is 2. The molecule has 21 heavy (non-hydrogen) atoms. The first kappa shape index (κ1) is 13.4. The van der Waals surface area contributed by atoms with Gasteiger partial charge in [0.1, 0.15) is 5.82 Å². The van der Waals surface area contributed by atoms with Crippen LogP contribution in [0.25, 0.3) is 11.3 Å². The van der Waals surface area contributed by atoms with Crippen LogP contribution in [-0.4, -0.2) is 4.98 Å². The van der Waals surface area contributed by atoms with E-state index < -0.39 is 0 Å². The Morgan fingerprint density at radius 2 is 2.00 bits per heavy atom. The quantitative estimate of drug-likeness (QED) is 0.756. The van der Waals surface area contributed by atoms with Gasteiger partial charge in [-0.2, -0.15) is 0 Å². The Morgan fingerprint density at radius 3 is 2.76 bits per heavy atom. The van der Waals surface area contributed by atoms with Gasteiger partial charge in [0.05, 0.1) is 12.2 Å².